The largest absolute Gasteiger partial charge is 0.494 e. The SMILES string of the molecule is COc1ccc2c(c1OC)C(=O)O[C@@H]2c1c(O)n(-c2ccc(Br)cc2)c(=O)[nH]c1=O. The molecule has 10 heteroatoms. The van der Waals surface area contributed by atoms with Gasteiger partial charge in [0.2, 0.25) is 5.88 Å². The molecule has 0 saturated heterocycles. The van der Waals surface area contributed by atoms with E-state index >= 15 is 0 Å². The number of aromatic amines is 1. The Morgan fingerprint density at radius 2 is 1.77 bits per heavy atom. The van der Waals surface area contributed by atoms with Crippen molar-refractivity contribution in [2.75, 3.05) is 14.2 Å². The number of ether oxygens (including phenoxy) is 3. The molecule has 154 valence electrons. The second kappa shape index (κ2) is 7.38. The molecule has 9 nitrogen and oxygen atoms in total. The summed E-state index contributed by atoms with van der Waals surface area (Å²) < 4.78 is 17.6. The van der Waals surface area contributed by atoms with Crippen molar-refractivity contribution in [3.63, 3.8) is 0 Å². The summed E-state index contributed by atoms with van der Waals surface area (Å²) in [5.41, 5.74) is -1.28. The summed E-state index contributed by atoms with van der Waals surface area (Å²) in [6.45, 7) is 0. The highest BCUT2D eigenvalue weighted by Crippen LogP contribution is 2.45. The fourth-order valence-electron chi connectivity index (χ4n) is 3.42. The molecule has 2 N–H and O–H groups in total. The number of nitrogens with one attached hydrogen (secondary N) is 1. The molecule has 0 unspecified atom stereocenters. The highest BCUT2D eigenvalue weighted by Gasteiger charge is 2.40. The molecule has 2 aromatic carbocycles. The number of carbonyl (C=O) groups is 1. The molecule has 4 rings (SSSR count). The number of H-pyrrole nitrogens is 1. The maximum atomic E-state index is 12.6. The lowest BCUT2D eigenvalue weighted by atomic mass is 9.99. The molecule has 2 heterocycles. The van der Waals surface area contributed by atoms with E-state index in [2.05, 4.69) is 20.9 Å². The summed E-state index contributed by atoms with van der Waals surface area (Å²) in [5, 5.41) is 10.9. The van der Waals surface area contributed by atoms with Crippen molar-refractivity contribution in [2.24, 2.45) is 0 Å². The van der Waals surface area contributed by atoms with Gasteiger partial charge in [0, 0.05) is 10.0 Å². The van der Waals surface area contributed by atoms with E-state index < -0.39 is 29.2 Å². The lowest BCUT2D eigenvalue weighted by molar-refractivity contribution is 0.0447. The average Bonchev–Trinajstić information content (AvgIpc) is 3.04. The van der Waals surface area contributed by atoms with E-state index in [0.717, 1.165) is 9.04 Å². The Morgan fingerprint density at radius 1 is 1.07 bits per heavy atom. The third kappa shape index (κ3) is 2.96. The maximum absolute atomic E-state index is 12.6. The molecule has 0 fully saturated rings. The minimum Gasteiger partial charge on any atom is -0.494 e. The molecule has 30 heavy (non-hydrogen) atoms. The van der Waals surface area contributed by atoms with Gasteiger partial charge in [0.1, 0.15) is 11.1 Å². The third-order valence-corrected chi connectivity index (χ3v) is 5.29. The van der Waals surface area contributed by atoms with E-state index in [1.54, 1.807) is 36.4 Å². The van der Waals surface area contributed by atoms with Gasteiger partial charge >= 0.3 is 11.7 Å². The molecular formula is C20H15BrN2O7. The highest BCUT2D eigenvalue weighted by molar-refractivity contribution is 9.10. The number of fused-ring (bicyclic) bond motifs is 1. The van der Waals surface area contributed by atoms with Crippen LogP contribution in [0.2, 0.25) is 0 Å². The number of halogens is 1. The molecule has 0 spiro atoms. The zero-order valence-corrected chi connectivity index (χ0v) is 17.3. The summed E-state index contributed by atoms with van der Waals surface area (Å²) in [6.07, 6.45) is -1.24. The normalized spacial score (nSPS) is 14.9. The van der Waals surface area contributed by atoms with Crippen molar-refractivity contribution in [1.82, 2.24) is 9.55 Å². The van der Waals surface area contributed by atoms with Gasteiger partial charge in [-0.3, -0.25) is 9.78 Å². The zero-order valence-electron chi connectivity index (χ0n) is 15.8. The number of rotatable bonds is 4. The summed E-state index contributed by atoms with van der Waals surface area (Å²) in [7, 11) is 2.80. The number of methoxy groups -OCH3 is 2. The first-order valence-corrected chi connectivity index (χ1v) is 9.46. The van der Waals surface area contributed by atoms with Crippen LogP contribution in [0.25, 0.3) is 5.69 Å². The van der Waals surface area contributed by atoms with Gasteiger partial charge in [0.25, 0.3) is 5.56 Å². The summed E-state index contributed by atoms with van der Waals surface area (Å²) in [5.74, 6) is -0.913. The lowest BCUT2D eigenvalue weighted by Crippen LogP contribution is -2.32. The van der Waals surface area contributed by atoms with Gasteiger partial charge in [-0.1, -0.05) is 22.0 Å². The van der Waals surface area contributed by atoms with Gasteiger partial charge in [-0.15, -0.1) is 0 Å². The standard InChI is InChI=1S/C20H15BrN2O7/c1-28-12-8-7-11-13(16(12)29-2)19(26)30-15(11)14-17(24)22-20(27)23(18(14)25)10-5-3-9(21)4-6-10/h3-8,15,25H,1-2H3,(H,22,24,27)/t15-/m0/s1. The Morgan fingerprint density at radius 3 is 2.40 bits per heavy atom. The molecule has 1 atom stereocenters. The number of carbonyl (C=O) groups excluding carboxylic acids is 1. The van der Waals surface area contributed by atoms with Crippen molar-refractivity contribution in [1.29, 1.82) is 0 Å². The molecule has 3 aromatic rings. The van der Waals surface area contributed by atoms with E-state index in [9.17, 15) is 19.5 Å². The van der Waals surface area contributed by atoms with Crippen LogP contribution in [-0.2, 0) is 4.74 Å². The highest BCUT2D eigenvalue weighted by atomic mass is 79.9. The van der Waals surface area contributed by atoms with E-state index in [0.29, 0.717) is 17.0 Å². The number of hydrogen-bond donors (Lipinski definition) is 2. The van der Waals surface area contributed by atoms with Crippen LogP contribution in [0.1, 0.15) is 27.6 Å². The average molecular weight is 475 g/mol. The number of hydrogen-bond acceptors (Lipinski definition) is 7. The molecule has 0 aliphatic carbocycles. The fraction of sp³-hybridized carbons (Fsp3) is 0.150. The maximum Gasteiger partial charge on any atom is 0.343 e. The summed E-state index contributed by atoms with van der Waals surface area (Å²) in [4.78, 5) is 39.7. The van der Waals surface area contributed by atoms with Crippen LogP contribution in [0.5, 0.6) is 17.4 Å². The topological polar surface area (TPSA) is 120 Å². The van der Waals surface area contributed by atoms with Crippen LogP contribution in [0.15, 0.2) is 50.5 Å². The zero-order chi connectivity index (χ0) is 21.6. The molecule has 1 aliphatic heterocycles. The molecule has 0 saturated carbocycles. The molecule has 0 amide bonds. The van der Waals surface area contributed by atoms with E-state index in [1.165, 1.54) is 14.2 Å². The fourth-order valence-corrected chi connectivity index (χ4v) is 3.68. The van der Waals surface area contributed by atoms with Gasteiger partial charge in [-0.05, 0) is 30.3 Å². The third-order valence-electron chi connectivity index (χ3n) is 4.76. The monoisotopic (exact) mass is 474 g/mol. The number of cyclic esters (lactones) is 1. The molecule has 0 bridgehead atoms. The molecule has 1 aliphatic rings. The Balaban J connectivity index is 1.95. The number of aromatic nitrogens is 2. The van der Waals surface area contributed by atoms with Gasteiger partial charge in [-0.25, -0.2) is 14.2 Å². The van der Waals surface area contributed by atoms with Gasteiger partial charge in [-0.2, -0.15) is 0 Å². The van der Waals surface area contributed by atoms with E-state index in [4.69, 9.17) is 14.2 Å². The number of esters is 1. The van der Waals surface area contributed by atoms with Crippen molar-refractivity contribution < 1.29 is 24.1 Å². The Hall–Kier alpha value is -3.53. The smallest absolute Gasteiger partial charge is 0.343 e. The molecule has 1 aromatic heterocycles. The summed E-state index contributed by atoms with van der Waals surface area (Å²) in [6, 6.07) is 9.61. The quantitative estimate of drug-likeness (QED) is 0.556. The van der Waals surface area contributed by atoms with Gasteiger partial charge in [0.05, 0.1) is 19.9 Å². The van der Waals surface area contributed by atoms with Gasteiger partial charge in [0.15, 0.2) is 17.6 Å². The first-order valence-electron chi connectivity index (χ1n) is 8.67. The van der Waals surface area contributed by atoms with E-state index in [-0.39, 0.29) is 16.9 Å². The van der Waals surface area contributed by atoms with E-state index in [1.807, 2.05) is 0 Å². The second-order valence-corrected chi connectivity index (χ2v) is 7.27. The van der Waals surface area contributed by atoms with Crippen LogP contribution >= 0.6 is 15.9 Å². The van der Waals surface area contributed by atoms with Crippen molar-refractivity contribution >= 4 is 21.9 Å². The minimum absolute atomic E-state index is 0.0852. The van der Waals surface area contributed by atoms with Crippen LogP contribution in [0.4, 0.5) is 0 Å². The summed E-state index contributed by atoms with van der Waals surface area (Å²) >= 11 is 3.30. The Kier molecular flexibility index (Phi) is 4.86. The number of nitrogens with zero attached hydrogens (tertiary/aromatic N) is 1. The van der Waals surface area contributed by atoms with Crippen molar-refractivity contribution in [3.05, 3.63) is 78.4 Å². The van der Waals surface area contributed by atoms with Crippen molar-refractivity contribution in [3.8, 4) is 23.1 Å². The number of benzene rings is 2. The first-order chi connectivity index (χ1) is 14.4. The van der Waals surface area contributed by atoms with Crippen LogP contribution in [0.3, 0.4) is 0 Å². The predicted molar refractivity (Wildman–Crippen MR) is 109 cm³/mol. The number of aromatic hydroxyl groups is 1. The predicted octanol–water partition coefficient (Wildman–Crippen LogP) is 2.27. The second-order valence-electron chi connectivity index (χ2n) is 6.36. The minimum atomic E-state index is -1.24. The van der Waals surface area contributed by atoms with Crippen LogP contribution in [0, 0.1) is 0 Å². The van der Waals surface area contributed by atoms with Gasteiger partial charge < -0.3 is 19.3 Å². The van der Waals surface area contributed by atoms with Crippen LogP contribution in [-0.4, -0.2) is 34.8 Å². The first kappa shape index (κ1) is 19.8. The Bertz CT molecular complexity index is 1280. The molecular weight excluding hydrogens is 460 g/mol. The molecule has 0 radical (unpaired) electrons. The van der Waals surface area contributed by atoms with Crippen molar-refractivity contribution in [2.45, 2.75) is 6.10 Å². The Labute approximate surface area is 177 Å². The van der Waals surface area contributed by atoms with Crippen LogP contribution < -0.4 is 20.7 Å². The lowest BCUT2D eigenvalue weighted by Gasteiger charge is -2.16.